The summed E-state index contributed by atoms with van der Waals surface area (Å²) in [5.41, 5.74) is 1.63. The van der Waals surface area contributed by atoms with Gasteiger partial charge in [0, 0.05) is 16.9 Å². The van der Waals surface area contributed by atoms with Gasteiger partial charge in [-0.3, -0.25) is 0 Å². The third kappa shape index (κ3) is 2.38. The molecule has 1 aromatic carbocycles. The van der Waals surface area contributed by atoms with Crippen molar-refractivity contribution in [1.29, 1.82) is 0 Å². The summed E-state index contributed by atoms with van der Waals surface area (Å²) in [4.78, 5) is 0. The molecule has 0 amide bonds. The molecule has 0 aliphatic carbocycles. The predicted octanol–water partition coefficient (Wildman–Crippen LogP) is 1.98. The number of benzene rings is 1. The zero-order chi connectivity index (χ0) is 11.4. The molecule has 0 radical (unpaired) electrons. The molecule has 1 N–H and O–H groups in total. The van der Waals surface area contributed by atoms with Crippen LogP contribution >= 0.6 is 12.6 Å². The van der Waals surface area contributed by atoms with E-state index in [0.29, 0.717) is 11.5 Å². The number of ether oxygens (including phenoxy) is 2. The molecule has 3 nitrogen and oxygen atoms in total. The second kappa shape index (κ2) is 5.28. The Labute approximate surface area is 95.4 Å². The number of hydrogen-bond donors (Lipinski definition) is 2. The molecule has 0 saturated heterocycles. The van der Waals surface area contributed by atoms with Gasteiger partial charge in [-0.25, -0.2) is 0 Å². The van der Waals surface area contributed by atoms with Crippen LogP contribution < -0.4 is 9.47 Å². The van der Waals surface area contributed by atoms with Gasteiger partial charge < -0.3 is 14.6 Å². The fourth-order valence-electron chi connectivity index (χ4n) is 1.55. The first-order valence-corrected chi connectivity index (χ1v) is 5.29. The van der Waals surface area contributed by atoms with Crippen LogP contribution in [0, 0.1) is 6.92 Å². The van der Waals surface area contributed by atoms with Crippen LogP contribution in [0.4, 0.5) is 0 Å². The third-order valence-electron chi connectivity index (χ3n) is 2.34. The van der Waals surface area contributed by atoms with Crippen LogP contribution in [0.1, 0.15) is 17.2 Å². The number of aliphatic hydroxyl groups is 1. The van der Waals surface area contributed by atoms with Crippen molar-refractivity contribution in [2.45, 2.75) is 13.0 Å². The largest absolute Gasteiger partial charge is 0.496 e. The van der Waals surface area contributed by atoms with Crippen LogP contribution in [0.2, 0.25) is 0 Å². The molecule has 1 rings (SSSR count). The summed E-state index contributed by atoms with van der Waals surface area (Å²) in [6, 6.07) is 3.62. The van der Waals surface area contributed by atoms with Gasteiger partial charge in [-0.1, -0.05) is 0 Å². The summed E-state index contributed by atoms with van der Waals surface area (Å²) in [6.07, 6.45) is -0.618. The van der Waals surface area contributed by atoms with Crippen LogP contribution in [-0.2, 0) is 0 Å². The molecule has 0 bridgehead atoms. The van der Waals surface area contributed by atoms with E-state index < -0.39 is 6.10 Å². The Hall–Kier alpha value is -0.870. The quantitative estimate of drug-likeness (QED) is 0.774. The average molecular weight is 228 g/mol. The standard InChI is InChI=1S/C11H16O3S/c1-7-10(13-2)5-4-8(9(12)6-15)11(7)14-3/h4-5,9,12,15H,6H2,1-3H3. The van der Waals surface area contributed by atoms with E-state index in [4.69, 9.17) is 9.47 Å². The summed E-state index contributed by atoms with van der Waals surface area (Å²) in [6.45, 7) is 1.90. The van der Waals surface area contributed by atoms with Gasteiger partial charge in [0.2, 0.25) is 0 Å². The summed E-state index contributed by atoms with van der Waals surface area (Å²) < 4.78 is 10.4. The Morgan fingerprint density at radius 2 is 2.00 bits per heavy atom. The maximum Gasteiger partial charge on any atom is 0.131 e. The van der Waals surface area contributed by atoms with Crippen LogP contribution in [0.3, 0.4) is 0 Å². The molecular weight excluding hydrogens is 212 g/mol. The van der Waals surface area contributed by atoms with E-state index in [-0.39, 0.29) is 0 Å². The van der Waals surface area contributed by atoms with Crippen molar-refractivity contribution < 1.29 is 14.6 Å². The van der Waals surface area contributed by atoms with Crippen molar-refractivity contribution in [2.75, 3.05) is 20.0 Å². The minimum absolute atomic E-state index is 0.363. The van der Waals surface area contributed by atoms with E-state index in [1.807, 2.05) is 13.0 Å². The molecule has 0 aliphatic heterocycles. The first-order valence-electron chi connectivity index (χ1n) is 4.66. The van der Waals surface area contributed by atoms with E-state index in [2.05, 4.69) is 12.6 Å². The van der Waals surface area contributed by atoms with Crippen molar-refractivity contribution in [3.05, 3.63) is 23.3 Å². The van der Waals surface area contributed by atoms with Gasteiger partial charge >= 0.3 is 0 Å². The van der Waals surface area contributed by atoms with Crippen molar-refractivity contribution in [3.63, 3.8) is 0 Å². The van der Waals surface area contributed by atoms with Crippen LogP contribution in [0.5, 0.6) is 11.5 Å². The lowest BCUT2D eigenvalue weighted by Crippen LogP contribution is -2.04. The molecule has 0 aliphatic rings. The monoisotopic (exact) mass is 228 g/mol. The lowest BCUT2D eigenvalue weighted by molar-refractivity contribution is 0.199. The molecule has 0 fully saturated rings. The van der Waals surface area contributed by atoms with Crippen molar-refractivity contribution in [1.82, 2.24) is 0 Å². The normalized spacial score (nSPS) is 12.3. The first-order chi connectivity index (χ1) is 7.15. The van der Waals surface area contributed by atoms with E-state index in [1.165, 1.54) is 0 Å². The second-order valence-corrected chi connectivity index (χ2v) is 3.58. The Bertz CT molecular complexity index is 339. The van der Waals surface area contributed by atoms with Crippen LogP contribution in [0.15, 0.2) is 12.1 Å². The lowest BCUT2D eigenvalue weighted by atomic mass is 10.0. The zero-order valence-corrected chi connectivity index (χ0v) is 10.0. The Morgan fingerprint density at radius 3 is 2.47 bits per heavy atom. The number of rotatable bonds is 4. The number of hydrogen-bond acceptors (Lipinski definition) is 4. The van der Waals surface area contributed by atoms with Crippen LogP contribution in [0.25, 0.3) is 0 Å². The third-order valence-corrected chi connectivity index (χ3v) is 2.69. The van der Waals surface area contributed by atoms with Gasteiger partial charge in [0.1, 0.15) is 11.5 Å². The highest BCUT2D eigenvalue weighted by Crippen LogP contribution is 2.34. The molecule has 1 aromatic rings. The van der Waals surface area contributed by atoms with Crippen molar-refractivity contribution in [3.8, 4) is 11.5 Å². The van der Waals surface area contributed by atoms with Gasteiger partial charge in [0.15, 0.2) is 0 Å². The number of methoxy groups -OCH3 is 2. The van der Waals surface area contributed by atoms with E-state index in [9.17, 15) is 5.11 Å². The second-order valence-electron chi connectivity index (χ2n) is 3.21. The lowest BCUT2D eigenvalue weighted by Gasteiger charge is -2.17. The highest BCUT2D eigenvalue weighted by atomic mass is 32.1. The fourth-order valence-corrected chi connectivity index (χ4v) is 1.74. The summed E-state index contributed by atoms with van der Waals surface area (Å²) in [5, 5.41) is 9.73. The molecule has 1 unspecified atom stereocenters. The number of aliphatic hydroxyl groups excluding tert-OH is 1. The summed E-state index contributed by atoms with van der Waals surface area (Å²) >= 11 is 4.06. The van der Waals surface area contributed by atoms with Gasteiger partial charge in [-0.2, -0.15) is 12.6 Å². The molecule has 0 spiro atoms. The Balaban J connectivity index is 3.24. The topological polar surface area (TPSA) is 38.7 Å². The molecule has 0 saturated carbocycles. The van der Waals surface area contributed by atoms with Crippen molar-refractivity contribution in [2.24, 2.45) is 0 Å². The summed E-state index contributed by atoms with van der Waals surface area (Å²) in [5.74, 6) is 1.78. The highest BCUT2D eigenvalue weighted by Gasteiger charge is 2.16. The first kappa shape index (κ1) is 12.2. The minimum Gasteiger partial charge on any atom is -0.496 e. The van der Waals surface area contributed by atoms with E-state index in [1.54, 1.807) is 20.3 Å². The molecule has 0 heterocycles. The van der Waals surface area contributed by atoms with Gasteiger partial charge in [-0.15, -0.1) is 0 Å². The Kier molecular flexibility index (Phi) is 4.29. The molecule has 15 heavy (non-hydrogen) atoms. The Morgan fingerprint density at radius 1 is 1.33 bits per heavy atom. The molecule has 0 aromatic heterocycles. The van der Waals surface area contributed by atoms with Gasteiger partial charge in [-0.05, 0) is 19.1 Å². The zero-order valence-electron chi connectivity index (χ0n) is 9.15. The average Bonchev–Trinajstić information content (AvgIpc) is 2.27. The van der Waals surface area contributed by atoms with Crippen molar-refractivity contribution >= 4 is 12.6 Å². The predicted molar refractivity (Wildman–Crippen MR) is 63.1 cm³/mol. The van der Waals surface area contributed by atoms with Crippen LogP contribution in [-0.4, -0.2) is 25.1 Å². The highest BCUT2D eigenvalue weighted by molar-refractivity contribution is 7.80. The molecule has 84 valence electrons. The molecule has 1 atom stereocenters. The SMILES string of the molecule is COc1ccc(C(O)CS)c(OC)c1C. The van der Waals surface area contributed by atoms with Gasteiger partial charge in [0.05, 0.1) is 20.3 Å². The van der Waals surface area contributed by atoms with Gasteiger partial charge in [0.25, 0.3) is 0 Å². The number of thiol groups is 1. The maximum atomic E-state index is 9.73. The molecular formula is C11H16O3S. The minimum atomic E-state index is -0.618. The maximum absolute atomic E-state index is 9.73. The summed E-state index contributed by atoms with van der Waals surface area (Å²) in [7, 11) is 3.19. The smallest absolute Gasteiger partial charge is 0.131 e. The fraction of sp³-hybridized carbons (Fsp3) is 0.455. The molecule has 4 heteroatoms. The van der Waals surface area contributed by atoms with E-state index >= 15 is 0 Å². The van der Waals surface area contributed by atoms with E-state index in [0.717, 1.165) is 16.9 Å².